The van der Waals surface area contributed by atoms with Crippen molar-refractivity contribution in [3.63, 3.8) is 0 Å². The smallest absolute Gasteiger partial charge is 0.0758 e. The lowest BCUT2D eigenvalue weighted by molar-refractivity contribution is 0.0894. The van der Waals surface area contributed by atoms with E-state index in [0.29, 0.717) is 6.42 Å². The van der Waals surface area contributed by atoms with E-state index in [1.807, 2.05) is 34.6 Å². The Balaban J connectivity index is 2.29. The summed E-state index contributed by atoms with van der Waals surface area (Å²) in [4.78, 5) is 8.37. The molecule has 140 valence electrons. The molecule has 0 saturated heterocycles. The lowest BCUT2D eigenvalue weighted by Crippen LogP contribution is -2.54. The number of aliphatic imine (C=N–C) groups is 1. The van der Waals surface area contributed by atoms with Crippen molar-refractivity contribution >= 4 is 11.3 Å². The summed E-state index contributed by atoms with van der Waals surface area (Å²) in [6, 6.07) is 2.17. The van der Waals surface area contributed by atoms with E-state index in [9.17, 15) is 5.21 Å². The molecular formula is C22H30N3O-. The van der Waals surface area contributed by atoms with Gasteiger partial charge in [-0.1, -0.05) is 6.08 Å². The Labute approximate surface area is 157 Å². The molecule has 4 heteroatoms. The van der Waals surface area contributed by atoms with Crippen LogP contribution in [-0.4, -0.2) is 26.8 Å². The summed E-state index contributed by atoms with van der Waals surface area (Å²) >= 11 is 0. The first-order valence-corrected chi connectivity index (χ1v) is 9.27. The van der Waals surface area contributed by atoms with Gasteiger partial charge in [0.25, 0.3) is 0 Å². The monoisotopic (exact) mass is 352 g/mol. The second-order valence-electron chi connectivity index (χ2n) is 8.92. The molecular weight excluding hydrogens is 322 g/mol. The van der Waals surface area contributed by atoms with Gasteiger partial charge in [-0.3, -0.25) is 4.99 Å². The number of allylic oxidation sites excluding steroid dienone is 3. The van der Waals surface area contributed by atoms with Crippen molar-refractivity contribution in [2.75, 3.05) is 0 Å². The molecule has 0 spiro atoms. The minimum absolute atomic E-state index is 0.468. The van der Waals surface area contributed by atoms with Crippen LogP contribution in [0.3, 0.4) is 0 Å². The first-order chi connectivity index (χ1) is 11.9. The maximum Gasteiger partial charge on any atom is 0.0758 e. The van der Waals surface area contributed by atoms with Crippen molar-refractivity contribution in [3.05, 3.63) is 57.2 Å². The van der Waals surface area contributed by atoms with E-state index >= 15 is 0 Å². The first kappa shape index (κ1) is 18.9. The second kappa shape index (κ2) is 6.07. The molecule has 3 heterocycles. The Morgan fingerprint density at radius 2 is 1.81 bits per heavy atom. The normalized spacial score (nSPS) is 24.3. The van der Waals surface area contributed by atoms with Crippen molar-refractivity contribution in [1.82, 2.24) is 10.0 Å². The molecule has 0 amide bonds. The average molecular weight is 353 g/mol. The van der Waals surface area contributed by atoms with Crippen LogP contribution in [-0.2, 0) is 0 Å². The molecule has 0 saturated carbocycles. The molecule has 1 aromatic heterocycles. The standard InChI is InChI=1S/C22H30N3O/c1-13-9-15(3)23-19(13)18(20-14(2)10-16(4)24-20)17-11-21(5,6)25(26)22(7,8)12-17/h9-11,23H,12H2,1-8H3/q-1/b20-18-. The maximum atomic E-state index is 12.8. The highest BCUT2D eigenvalue weighted by atomic mass is 16.5. The third kappa shape index (κ3) is 3.12. The summed E-state index contributed by atoms with van der Waals surface area (Å²) in [5, 5.41) is 14.0. The number of hydrogen-bond donors (Lipinski definition) is 1. The zero-order valence-electron chi connectivity index (χ0n) is 17.2. The van der Waals surface area contributed by atoms with E-state index in [4.69, 9.17) is 4.99 Å². The molecule has 1 N–H and O–H groups in total. The summed E-state index contributed by atoms with van der Waals surface area (Å²) in [6.45, 7) is 16.4. The molecule has 0 aromatic carbocycles. The Hall–Kier alpha value is -1.91. The van der Waals surface area contributed by atoms with Gasteiger partial charge in [-0.05, 0) is 90.7 Å². The number of aromatic nitrogens is 1. The Morgan fingerprint density at radius 1 is 1.15 bits per heavy atom. The number of rotatable bonds is 2. The molecule has 2 aliphatic rings. The van der Waals surface area contributed by atoms with Crippen LogP contribution < -0.4 is 0 Å². The number of hydrogen-bond acceptors (Lipinski definition) is 3. The van der Waals surface area contributed by atoms with Crippen LogP contribution >= 0.6 is 0 Å². The van der Waals surface area contributed by atoms with Crippen LogP contribution in [0.1, 0.15) is 64.9 Å². The van der Waals surface area contributed by atoms with E-state index in [-0.39, 0.29) is 0 Å². The predicted molar refractivity (Wildman–Crippen MR) is 110 cm³/mol. The van der Waals surface area contributed by atoms with Crippen LogP contribution in [0.15, 0.2) is 40.1 Å². The lowest BCUT2D eigenvalue weighted by Gasteiger charge is -2.56. The third-order valence-corrected chi connectivity index (χ3v) is 5.27. The van der Waals surface area contributed by atoms with E-state index < -0.39 is 11.1 Å². The van der Waals surface area contributed by atoms with E-state index in [1.54, 1.807) is 0 Å². The van der Waals surface area contributed by atoms with E-state index in [0.717, 1.165) is 28.4 Å². The quantitative estimate of drug-likeness (QED) is 0.769. The lowest BCUT2D eigenvalue weighted by atomic mass is 9.78. The summed E-state index contributed by atoms with van der Waals surface area (Å²) < 4.78 is 0. The highest BCUT2D eigenvalue weighted by Gasteiger charge is 2.37. The fourth-order valence-corrected chi connectivity index (χ4v) is 4.37. The maximum absolute atomic E-state index is 12.8. The fraction of sp³-hybridized carbons (Fsp3) is 0.500. The number of nitrogens with zero attached hydrogens (tertiary/aromatic N) is 2. The Bertz CT molecular complexity index is 875. The largest absolute Gasteiger partial charge is 0.784 e. The number of H-pyrrole nitrogens is 1. The van der Waals surface area contributed by atoms with Crippen molar-refractivity contribution in [2.45, 2.75) is 72.9 Å². The fourth-order valence-electron chi connectivity index (χ4n) is 4.37. The molecule has 0 unspecified atom stereocenters. The third-order valence-electron chi connectivity index (χ3n) is 5.27. The minimum Gasteiger partial charge on any atom is -0.784 e. The van der Waals surface area contributed by atoms with Crippen LogP contribution in [0, 0.1) is 19.1 Å². The molecule has 2 aliphatic heterocycles. The highest BCUT2D eigenvalue weighted by molar-refractivity contribution is 6.01. The molecule has 4 nitrogen and oxygen atoms in total. The molecule has 3 rings (SSSR count). The number of aromatic amines is 1. The number of aryl methyl sites for hydroxylation is 2. The van der Waals surface area contributed by atoms with Gasteiger partial charge >= 0.3 is 0 Å². The van der Waals surface area contributed by atoms with Gasteiger partial charge in [-0.2, -0.15) is 0 Å². The van der Waals surface area contributed by atoms with Crippen molar-refractivity contribution in [2.24, 2.45) is 4.99 Å². The van der Waals surface area contributed by atoms with Gasteiger partial charge < -0.3 is 15.3 Å². The topological polar surface area (TPSA) is 54.4 Å². The molecule has 0 atom stereocenters. The zero-order chi connectivity index (χ0) is 19.4. The van der Waals surface area contributed by atoms with Crippen molar-refractivity contribution < 1.29 is 0 Å². The number of nitrogens with one attached hydrogen (secondary N) is 1. The number of hydroxylamine groups is 2. The van der Waals surface area contributed by atoms with Gasteiger partial charge in [0.05, 0.1) is 11.4 Å². The van der Waals surface area contributed by atoms with Gasteiger partial charge in [0.1, 0.15) is 0 Å². The van der Waals surface area contributed by atoms with Crippen LogP contribution in [0.5, 0.6) is 0 Å². The highest BCUT2D eigenvalue weighted by Crippen LogP contribution is 2.44. The van der Waals surface area contributed by atoms with Gasteiger partial charge in [-0.15, -0.1) is 0 Å². The summed E-state index contributed by atoms with van der Waals surface area (Å²) in [5.74, 6) is 0. The van der Waals surface area contributed by atoms with Crippen LogP contribution in [0.2, 0.25) is 0 Å². The van der Waals surface area contributed by atoms with E-state index in [2.05, 4.69) is 44.0 Å². The zero-order valence-corrected chi connectivity index (χ0v) is 17.2. The van der Waals surface area contributed by atoms with Crippen molar-refractivity contribution in [1.29, 1.82) is 0 Å². The van der Waals surface area contributed by atoms with Crippen molar-refractivity contribution in [3.8, 4) is 0 Å². The minimum atomic E-state index is -0.562. The molecule has 0 fully saturated rings. The van der Waals surface area contributed by atoms with Crippen LogP contribution in [0.4, 0.5) is 0 Å². The SMILES string of the molecule is CC1=CC(C)=N/C1=C(/C1=CC(C)(C)N([O-])C(C)(C)C1)c1[nH]c(C)cc1C. The Morgan fingerprint density at radius 3 is 2.27 bits per heavy atom. The average Bonchev–Trinajstić information content (AvgIpc) is 2.98. The molecule has 0 bridgehead atoms. The summed E-state index contributed by atoms with van der Waals surface area (Å²) in [5.41, 5.74) is 7.97. The predicted octanol–water partition coefficient (Wildman–Crippen LogP) is 5.45. The summed E-state index contributed by atoms with van der Waals surface area (Å²) in [6.07, 6.45) is 4.94. The van der Waals surface area contributed by atoms with E-state index in [1.165, 1.54) is 21.8 Å². The summed E-state index contributed by atoms with van der Waals surface area (Å²) in [7, 11) is 0. The van der Waals surface area contributed by atoms with Gasteiger partial charge in [0.15, 0.2) is 0 Å². The second-order valence-corrected chi connectivity index (χ2v) is 8.92. The Kier molecular flexibility index (Phi) is 4.40. The molecule has 1 aromatic rings. The van der Waals surface area contributed by atoms with Gasteiger partial charge in [-0.25, -0.2) is 0 Å². The molecule has 26 heavy (non-hydrogen) atoms. The van der Waals surface area contributed by atoms with Gasteiger partial charge in [0, 0.05) is 28.1 Å². The first-order valence-electron chi connectivity index (χ1n) is 9.27. The van der Waals surface area contributed by atoms with Crippen LogP contribution in [0.25, 0.3) is 5.57 Å². The molecule has 0 radical (unpaired) electrons. The molecule has 0 aliphatic carbocycles. The van der Waals surface area contributed by atoms with Gasteiger partial charge in [0.2, 0.25) is 0 Å².